The van der Waals surface area contributed by atoms with Gasteiger partial charge in [-0.05, 0) is 55.3 Å². The highest BCUT2D eigenvalue weighted by Crippen LogP contribution is 2.34. The summed E-state index contributed by atoms with van der Waals surface area (Å²) in [6, 6.07) is 9.24. The smallest absolute Gasteiger partial charge is 0.276 e. The van der Waals surface area contributed by atoms with Crippen molar-refractivity contribution >= 4 is 18.3 Å². The molecule has 0 spiro atoms. The van der Waals surface area contributed by atoms with Crippen LogP contribution in [0.15, 0.2) is 30.5 Å². The second kappa shape index (κ2) is 8.84. The van der Waals surface area contributed by atoms with E-state index in [1.165, 1.54) is 11.1 Å². The van der Waals surface area contributed by atoms with Crippen LogP contribution in [-0.4, -0.2) is 45.4 Å². The molecular formula is C22H32ClN5O. The third-order valence-electron chi connectivity index (χ3n) is 6.09. The first kappa shape index (κ1) is 21.8. The zero-order valence-corrected chi connectivity index (χ0v) is 18.4. The van der Waals surface area contributed by atoms with E-state index in [0.29, 0.717) is 11.7 Å². The molecule has 1 aromatic heterocycles. The lowest BCUT2D eigenvalue weighted by Gasteiger charge is -2.25. The van der Waals surface area contributed by atoms with Crippen molar-refractivity contribution in [2.75, 3.05) is 19.6 Å². The molecule has 29 heavy (non-hydrogen) atoms. The molecule has 4 rings (SSSR count). The van der Waals surface area contributed by atoms with Gasteiger partial charge in [0, 0.05) is 6.54 Å². The van der Waals surface area contributed by atoms with Gasteiger partial charge in [0.2, 0.25) is 0 Å². The van der Waals surface area contributed by atoms with Gasteiger partial charge in [0.1, 0.15) is 0 Å². The molecule has 158 valence electrons. The maximum Gasteiger partial charge on any atom is 0.276 e. The van der Waals surface area contributed by atoms with Crippen molar-refractivity contribution in [3.8, 4) is 0 Å². The molecule has 2 saturated heterocycles. The van der Waals surface area contributed by atoms with Crippen LogP contribution in [0.1, 0.15) is 80.2 Å². The van der Waals surface area contributed by atoms with Crippen LogP contribution in [0.5, 0.6) is 0 Å². The molecule has 6 nitrogen and oxygen atoms in total. The minimum atomic E-state index is 0. The highest BCUT2D eigenvalue weighted by atomic mass is 35.5. The molecule has 1 atom stereocenters. The number of hydrogen-bond donors (Lipinski definition) is 1. The molecule has 1 unspecified atom stereocenters. The molecule has 0 radical (unpaired) electrons. The lowest BCUT2D eigenvalue weighted by molar-refractivity contribution is 0.0729. The molecule has 2 aromatic rings. The van der Waals surface area contributed by atoms with Crippen LogP contribution in [0.25, 0.3) is 0 Å². The standard InChI is InChI=1S/C22H31N5O.ClH/c1-22(2,3)17-8-6-16(7-9-17)20-5-4-14-26(20)21(28)19-15-27(25-24-19)18-10-12-23-13-11-18;/h6-9,15,18,20,23H,4-5,10-14H2,1-3H3;1H. The van der Waals surface area contributed by atoms with Gasteiger partial charge in [0.25, 0.3) is 5.91 Å². The Morgan fingerprint density at radius 1 is 1.10 bits per heavy atom. The topological polar surface area (TPSA) is 63.1 Å². The molecule has 2 aliphatic rings. The molecule has 0 aliphatic carbocycles. The number of amides is 1. The van der Waals surface area contributed by atoms with Crippen LogP contribution in [0.2, 0.25) is 0 Å². The highest BCUT2D eigenvalue weighted by Gasteiger charge is 2.32. The maximum absolute atomic E-state index is 13.2. The number of nitrogens with one attached hydrogen (secondary N) is 1. The summed E-state index contributed by atoms with van der Waals surface area (Å²) >= 11 is 0. The van der Waals surface area contributed by atoms with Crippen LogP contribution < -0.4 is 5.32 Å². The van der Waals surface area contributed by atoms with Crippen molar-refractivity contribution in [3.05, 3.63) is 47.3 Å². The van der Waals surface area contributed by atoms with E-state index in [2.05, 4.69) is 60.7 Å². The van der Waals surface area contributed by atoms with Gasteiger partial charge in [0.15, 0.2) is 5.69 Å². The molecule has 2 aliphatic heterocycles. The fourth-order valence-corrected chi connectivity index (χ4v) is 4.33. The number of hydrogen-bond acceptors (Lipinski definition) is 4. The highest BCUT2D eigenvalue weighted by molar-refractivity contribution is 5.92. The van der Waals surface area contributed by atoms with Crippen LogP contribution in [0.4, 0.5) is 0 Å². The molecule has 0 bridgehead atoms. The van der Waals surface area contributed by atoms with Gasteiger partial charge < -0.3 is 10.2 Å². The summed E-state index contributed by atoms with van der Waals surface area (Å²) in [4.78, 5) is 15.1. The average molecular weight is 418 g/mol. The lowest BCUT2D eigenvalue weighted by Crippen LogP contribution is -2.31. The fourth-order valence-electron chi connectivity index (χ4n) is 4.33. The monoisotopic (exact) mass is 417 g/mol. The summed E-state index contributed by atoms with van der Waals surface area (Å²) in [5, 5.41) is 11.8. The number of aromatic nitrogens is 3. The number of rotatable bonds is 3. The Morgan fingerprint density at radius 3 is 2.45 bits per heavy atom. The van der Waals surface area contributed by atoms with Gasteiger partial charge in [0.05, 0.1) is 18.3 Å². The number of halogens is 1. The minimum Gasteiger partial charge on any atom is -0.330 e. The Kier molecular flexibility index (Phi) is 6.64. The average Bonchev–Trinajstić information content (AvgIpc) is 3.37. The fraction of sp³-hybridized carbons (Fsp3) is 0.591. The van der Waals surface area contributed by atoms with Crippen molar-refractivity contribution in [3.63, 3.8) is 0 Å². The van der Waals surface area contributed by atoms with Gasteiger partial charge in [-0.1, -0.05) is 50.3 Å². The Hall–Kier alpha value is -1.92. The largest absolute Gasteiger partial charge is 0.330 e. The van der Waals surface area contributed by atoms with Crippen LogP contribution in [0, 0.1) is 0 Å². The second-order valence-corrected chi connectivity index (χ2v) is 9.09. The predicted molar refractivity (Wildman–Crippen MR) is 117 cm³/mol. The van der Waals surface area contributed by atoms with E-state index in [9.17, 15) is 4.79 Å². The maximum atomic E-state index is 13.2. The van der Waals surface area contributed by atoms with Gasteiger partial charge in [-0.3, -0.25) is 4.79 Å². The molecule has 1 amide bonds. The van der Waals surface area contributed by atoms with E-state index in [1.807, 2.05) is 15.8 Å². The summed E-state index contributed by atoms with van der Waals surface area (Å²) in [5.41, 5.74) is 3.13. The van der Waals surface area contributed by atoms with E-state index >= 15 is 0 Å². The first-order chi connectivity index (χ1) is 13.4. The number of nitrogens with zero attached hydrogens (tertiary/aromatic N) is 4. The van der Waals surface area contributed by atoms with E-state index in [-0.39, 0.29) is 29.8 Å². The van der Waals surface area contributed by atoms with Crippen molar-refractivity contribution in [1.29, 1.82) is 0 Å². The van der Waals surface area contributed by atoms with Crippen molar-refractivity contribution < 1.29 is 4.79 Å². The normalized spacial score (nSPS) is 20.5. The van der Waals surface area contributed by atoms with E-state index in [4.69, 9.17) is 0 Å². The molecule has 3 heterocycles. The van der Waals surface area contributed by atoms with E-state index < -0.39 is 0 Å². The molecule has 2 fully saturated rings. The van der Waals surface area contributed by atoms with Crippen LogP contribution >= 0.6 is 12.4 Å². The first-order valence-electron chi connectivity index (χ1n) is 10.5. The van der Waals surface area contributed by atoms with Crippen LogP contribution in [0.3, 0.4) is 0 Å². The minimum absolute atomic E-state index is 0. The van der Waals surface area contributed by atoms with Crippen molar-refractivity contribution in [1.82, 2.24) is 25.2 Å². The lowest BCUT2D eigenvalue weighted by atomic mass is 9.86. The summed E-state index contributed by atoms with van der Waals surface area (Å²) in [5.74, 6) is 0.00239. The van der Waals surface area contributed by atoms with Crippen molar-refractivity contribution in [2.24, 2.45) is 0 Å². The van der Waals surface area contributed by atoms with Crippen LogP contribution in [-0.2, 0) is 5.41 Å². The predicted octanol–water partition coefficient (Wildman–Crippen LogP) is 3.90. The summed E-state index contributed by atoms with van der Waals surface area (Å²) in [7, 11) is 0. The Labute approximate surface area is 179 Å². The van der Waals surface area contributed by atoms with Gasteiger partial charge in [-0.2, -0.15) is 0 Å². The first-order valence-corrected chi connectivity index (χ1v) is 10.5. The van der Waals surface area contributed by atoms with Gasteiger partial charge in [-0.15, -0.1) is 17.5 Å². The van der Waals surface area contributed by atoms with E-state index in [0.717, 1.165) is 45.3 Å². The van der Waals surface area contributed by atoms with Gasteiger partial charge >= 0.3 is 0 Å². The number of likely N-dealkylation sites (tertiary alicyclic amines) is 1. The summed E-state index contributed by atoms with van der Waals surface area (Å²) < 4.78 is 1.89. The number of carbonyl (C=O) groups excluding carboxylic acids is 1. The number of piperidine rings is 1. The summed E-state index contributed by atoms with van der Waals surface area (Å²) in [6.45, 7) is 9.43. The molecule has 0 saturated carbocycles. The molecule has 1 N–H and O–H groups in total. The third kappa shape index (κ3) is 4.64. The molecule has 7 heteroatoms. The third-order valence-corrected chi connectivity index (χ3v) is 6.09. The summed E-state index contributed by atoms with van der Waals surface area (Å²) in [6.07, 6.45) is 5.94. The molecular weight excluding hydrogens is 386 g/mol. The van der Waals surface area contributed by atoms with Gasteiger partial charge in [-0.25, -0.2) is 4.68 Å². The zero-order valence-electron chi connectivity index (χ0n) is 17.6. The van der Waals surface area contributed by atoms with E-state index in [1.54, 1.807) is 0 Å². The number of benzene rings is 1. The Balaban J connectivity index is 0.00000240. The second-order valence-electron chi connectivity index (χ2n) is 9.09. The Bertz CT molecular complexity index is 820. The SMILES string of the molecule is CC(C)(C)c1ccc(C2CCCN2C(=O)c2cn(C3CCNCC3)nn2)cc1.Cl. The number of carbonyl (C=O) groups is 1. The quantitative estimate of drug-likeness (QED) is 0.822. The zero-order chi connectivity index (χ0) is 19.7. The molecule has 1 aromatic carbocycles. The Morgan fingerprint density at radius 2 is 1.79 bits per heavy atom. The van der Waals surface area contributed by atoms with Crippen molar-refractivity contribution in [2.45, 2.75) is 64.0 Å².